The summed E-state index contributed by atoms with van der Waals surface area (Å²) in [4.78, 5) is 8.72. The largest absolute Gasteiger partial charge is 0.490 e. The van der Waals surface area contributed by atoms with E-state index >= 15 is 0 Å². The van der Waals surface area contributed by atoms with Gasteiger partial charge in [0.2, 0.25) is 0 Å². The van der Waals surface area contributed by atoms with E-state index in [-0.39, 0.29) is 6.04 Å². The Morgan fingerprint density at radius 1 is 1.18 bits per heavy atom. The van der Waals surface area contributed by atoms with Crippen LogP contribution in [0, 0.1) is 6.92 Å². The maximum Gasteiger partial charge on any atom is 0.121 e. The molecule has 3 rings (SSSR count). The highest BCUT2D eigenvalue weighted by Crippen LogP contribution is 2.27. The highest BCUT2D eigenvalue weighted by atomic mass is 16.5. The number of aromatic nitrogens is 2. The highest BCUT2D eigenvalue weighted by molar-refractivity contribution is 5.49. The van der Waals surface area contributed by atoms with Crippen LogP contribution in [0.5, 0.6) is 5.75 Å². The second kappa shape index (κ2) is 6.77. The Morgan fingerprint density at radius 2 is 1.95 bits per heavy atom. The van der Waals surface area contributed by atoms with Crippen LogP contribution in [-0.2, 0) is 0 Å². The molecule has 0 amide bonds. The lowest BCUT2D eigenvalue weighted by Crippen LogP contribution is -2.12. The number of hydrogen-bond donors (Lipinski definition) is 1. The summed E-state index contributed by atoms with van der Waals surface area (Å²) in [6.45, 7) is 4.08. The maximum atomic E-state index is 6.06. The molecular weight excluding hydrogens is 274 g/mol. The van der Waals surface area contributed by atoms with Gasteiger partial charge in [-0.15, -0.1) is 0 Å². The summed E-state index contributed by atoms with van der Waals surface area (Å²) < 4.78 is 6.06. The van der Waals surface area contributed by atoms with Crippen molar-refractivity contribution in [3.63, 3.8) is 0 Å². The SMILES string of the molecule is Cc1nccnc1C(C)Nc1cccc(OC2CCCC2)c1. The fraction of sp³-hybridized carbons (Fsp3) is 0.444. The number of nitrogens with zero attached hydrogens (tertiary/aromatic N) is 2. The van der Waals surface area contributed by atoms with E-state index in [2.05, 4.69) is 34.3 Å². The lowest BCUT2D eigenvalue weighted by atomic mass is 10.1. The van der Waals surface area contributed by atoms with Gasteiger partial charge in [-0.2, -0.15) is 0 Å². The monoisotopic (exact) mass is 297 g/mol. The van der Waals surface area contributed by atoms with E-state index in [1.54, 1.807) is 12.4 Å². The molecule has 116 valence electrons. The van der Waals surface area contributed by atoms with Gasteiger partial charge in [0.05, 0.1) is 23.5 Å². The van der Waals surface area contributed by atoms with Crippen LogP contribution in [0.4, 0.5) is 5.69 Å². The first kappa shape index (κ1) is 14.8. The zero-order valence-corrected chi connectivity index (χ0v) is 13.2. The van der Waals surface area contributed by atoms with Gasteiger partial charge in [0.1, 0.15) is 5.75 Å². The molecule has 2 aromatic rings. The van der Waals surface area contributed by atoms with Crippen molar-refractivity contribution >= 4 is 5.69 Å². The van der Waals surface area contributed by atoms with E-state index in [1.165, 1.54) is 25.7 Å². The molecular formula is C18H23N3O. The molecule has 1 atom stereocenters. The van der Waals surface area contributed by atoms with E-state index in [4.69, 9.17) is 4.74 Å². The molecule has 0 bridgehead atoms. The van der Waals surface area contributed by atoms with Crippen molar-refractivity contribution in [3.05, 3.63) is 48.0 Å². The number of rotatable bonds is 5. The number of ether oxygens (including phenoxy) is 1. The highest BCUT2D eigenvalue weighted by Gasteiger charge is 2.17. The van der Waals surface area contributed by atoms with E-state index < -0.39 is 0 Å². The van der Waals surface area contributed by atoms with Gasteiger partial charge < -0.3 is 10.1 Å². The Hall–Kier alpha value is -2.10. The number of hydrogen-bond acceptors (Lipinski definition) is 4. The molecule has 1 fully saturated rings. The Labute approximate surface area is 132 Å². The van der Waals surface area contributed by atoms with Crippen LogP contribution in [0.3, 0.4) is 0 Å². The normalized spacial score (nSPS) is 16.5. The summed E-state index contributed by atoms with van der Waals surface area (Å²) >= 11 is 0. The van der Waals surface area contributed by atoms with Crippen LogP contribution >= 0.6 is 0 Å². The van der Waals surface area contributed by atoms with Crippen molar-refractivity contribution in [1.29, 1.82) is 0 Å². The van der Waals surface area contributed by atoms with Crippen LogP contribution in [0.25, 0.3) is 0 Å². The summed E-state index contributed by atoms with van der Waals surface area (Å²) in [6, 6.07) is 8.30. The molecule has 1 heterocycles. The fourth-order valence-corrected chi connectivity index (χ4v) is 3.02. The van der Waals surface area contributed by atoms with Gasteiger partial charge in [-0.3, -0.25) is 9.97 Å². The molecule has 1 saturated carbocycles. The van der Waals surface area contributed by atoms with Crippen molar-refractivity contribution < 1.29 is 4.74 Å². The van der Waals surface area contributed by atoms with Crippen LogP contribution in [-0.4, -0.2) is 16.1 Å². The van der Waals surface area contributed by atoms with Gasteiger partial charge in [0.15, 0.2) is 0 Å². The van der Waals surface area contributed by atoms with Gasteiger partial charge in [-0.25, -0.2) is 0 Å². The van der Waals surface area contributed by atoms with Crippen molar-refractivity contribution in [2.45, 2.75) is 51.7 Å². The first-order valence-electron chi connectivity index (χ1n) is 8.03. The minimum Gasteiger partial charge on any atom is -0.490 e. The molecule has 0 spiro atoms. The lowest BCUT2D eigenvalue weighted by Gasteiger charge is -2.18. The molecule has 1 N–H and O–H groups in total. The summed E-state index contributed by atoms with van der Waals surface area (Å²) in [5.41, 5.74) is 2.98. The van der Waals surface area contributed by atoms with E-state index in [0.29, 0.717) is 6.10 Å². The third kappa shape index (κ3) is 3.56. The second-order valence-corrected chi connectivity index (χ2v) is 5.95. The van der Waals surface area contributed by atoms with E-state index in [1.807, 2.05) is 19.1 Å². The molecule has 0 saturated heterocycles. The van der Waals surface area contributed by atoms with Gasteiger partial charge >= 0.3 is 0 Å². The Bertz CT molecular complexity index is 623. The van der Waals surface area contributed by atoms with Gasteiger partial charge in [0.25, 0.3) is 0 Å². The van der Waals surface area contributed by atoms with Crippen molar-refractivity contribution in [1.82, 2.24) is 9.97 Å². The van der Waals surface area contributed by atoms with Crippen LogP contribution in [0.1, 0.15) is 50.0 Å². The summed E-state index contributed by atoms with van der Waals surface area (Å²) in [5, 5.41) is 3.48. The lowest BCUT2D eigenvalue weighted by molar-refractivity contribution is 0.210. The van der Waals surface area contributed by atoms with E-state index in [9.17, 15) is 0 Å². The van der Waals surface area contributed by atoms with Crippen LogP contribution in [0.2, 0.25) is 0 Å². The van der Waals surface area contributed by atoms with Crippen LogP contribution in [0.15, 0.2) is 36.7 Å². The molecule has 1 aliphatic rings. The summed E-state index contributed by atoms with van der Waals surface area (Å²) in [5.74, 6) is 0.944. The fourth-order valence-electron chi connectivity index (χ4n) is 3.02. The second-order valence-electron chi connectivity index (χ2n) is 5.95. The summed E-state index contributed by atoms with van der Waals surface area (Å²) in [7, 11) is 0. The van der Waals surface area contributed by atoms with Crippen molar-refractivity contribution in [2.24, 2.45) is 0 Å². The predicted molar refractivity (Wildman–Crippen MR) is 88.1 cm³/mol. The number of nitrogens with one attached hydrogen (secondary N) is 1. The average molecular weight is 297 g/mol. The smallest absolute Gasteiger partial charge is 0.121 e. The third-order valence-corrected chi connectivity index (χ3v) is 4.15. The molecule has 0 aliphatic heterocycles. The number of anilines is 1. The van der Waals surface area contributed by atoms with Crippen molar-refractivity contribution in [2.75, 3.05) is 5.32 Å². The molecule has 1 aromatic carbocycles. The molecule has 1 aliphatic carbocycles. The zero-order chi connectivity index (χ0) is 15.4. The van der Waals surface area contributed by atoms with Crippen LogP contribution < -0.4 is 10.1 Å². The van der Waals surface area contributed by atoms with E-state index in [0.717, 1.165) is 22.8 Å². The number of aryl methyl sites for hydroxylation is 1. The quantitative estimate of drug-likeness (QED) is 0.895. The third-order valence-electron chi connectivity index (χ3n) is 4.15. The molecule has 0 radical (unpaired) electrons. The maximum absolute atomic E-state index is 6.06. The molecule has 1 unspecified atom stereocenters. The summed E-state index contributed by atoms with van der Waals surface area (Å²) in [6.07, 6.45) is 8.76. The Morgan fingerprint density at radius 3 is 2.73 bits per heavy atom. The minimum atomic E-state index is 0.107. The van der Waals surface area contributed by atoms with Gasteiger partial charge in [0, 0.05) is 24.1 Å². The van der Waals surface area contributed by atoms with Gasteiger partial charge in [-0.05, 0) is 51.7 Å². The zero-order valence-electron chi connectivity index (χ0n) is 13.2. The molecule has 4 heteroatoms. The molecule has 4 nitrogen and oxygen atoms in total. The minimum absolute atomic E-state index is 0.107. The average Bonchev–Trinajstić information content (AvgIpc) is 3.01. The molecule has 22 heavy (non-hydrogen) atoms. The first-order valence-corrected chi connectivity index (χ1v) is 8.03. The topological polar surface area (TPSA) is 47.0 Å². The Balaban J connectivity index is 1.68. The number of benzene rings is 1. The standard InChI is InChI=1S/C18H23N3O/c1-13-18(20-11-10-19-13)14(2)21-15-6-5-9-17(12-15)22-16-7-3-4-8-16/h5-6,9-12,14,16,21H,3-4,7-8H2,1-2H3. The molecule has 1 aromatic heterocycles. The first-order chi connectivity index (χ1) is 10.7. The predicted octanol–water partition coefficient (Wildman–Crippen LogP) is 4.28. The Kier molecular flexibility index (Phi) is 4.56. The van der Waals surface area contributed by atoms with Crippen molar-refractivity contribution in [3.8, 4) is 5.75 Å². The van der Waals surface area contributed by atoms with Gasteiger partial charge in [-0.1, -0.05) is 6.07 Å².